The number of nitrogens with zero attached hydrogens (tertiary/aromatic N) is 5. The van der Waals surface area contributed by atoms with E-state index in [1.165, 1.54) is 6.92 Å². The second kappa shape index (κ2) is 6.71. The van der Waals surface area contributed by atoms with Gasteiger partial charge in [0.2, 0.25) is 5.91 Å². The lowest BCUT2D eigenvalue weighted by molar-refractivity contribution is -0.114. The first-order valence-electron chi connectivity index (χ1n) is 8.05. The average molecular weight is 361 g/mol. The van der Waals surface area contributed by atoms with E-state index in [0.717, 1.165) is 5.56 Å². The molecule has 0 spiro atoms. The molecule has 0 saturated carbocycles. The van der Waals surface area contributed by atoms with Crippen molar-refractivity contribution in [2.45, 2.75) is 6.92 Å². The van der Waals surface area contributed by atoms with Crippen LogP contribution in [0.5, 0.6) is 11.6 Å². The van der Waals surface area contributed by atoms with Gasteiger partial charge >= 0.3 is 0 Å². The van der Waals surface area contributed by atoms with E-state index >= 15 is 0 Å². The molecule has 0 fully saturated rings. The monoisotopic (exact) mass is 361 g/mol. The number of ether oxygens (including phenoxy) is 1. The molecule has 9 heteroatoms. The lowest BCUT2D eigenvalue weighted by Gasteiger charge is -2.08. The highest BCUT2D eigenvalue weighted by molar-refractivity contribution is 5.87. The topological polar surface area (TPSA) is 120 Å². The van der Waals surface area contributed by atoms with Gasteiger partial charge in [-0.25, -0.2) is 15.0 Å². The zero-order valence-electron chi connectivity index (χ0n) is 14.3. The number of fused-ring (bicyclic) bond motifs is 1. The van der Waals surface area contributed by atoms with Crippen molar-refractivity contribution in [3.63, 3.8) is 0 Å². The molecule has 4 aromatic rings. The number of imidazole rings is 1. The van der Waals surface area contributed by atoms with Gasteiger partial charge in [0.25, 0.3) is 5.88 Å². The number of carbonyl (C=O) groups is 1. The highest BCUT2D eigenvalue weighted by Crippen LogP contribution is 2.27. The molecule has 0 radical (unpaired) electrons. The van der Waals surface area contributed by atoms with Crippen molar-refractivity contribution < 1.29 is 9.53 Å². The van der Waals surface area contributed by atoms with E-state index in [1.54, 1.807) is 41.3 Å². The minimum Gasteiger partial charge on any atom is -0.434 e. The van der Waals surface area contributed by atoms with Gasteiger partial charge < -0.3 is 20.2 Å². The number of amides is 1. The van der Waals surface area contributed by atoms with Crippen molar-refractivity contribution >= 4 is 23.2 Å². The van der Waals surface area contributed by atoms with Gasteiger partial charge in [-0.2, -0.15) is 0 Å². The van der Waals surface area contributed by atoms with Crippen molar-refractivity contribution in [2.24, 2.45) is 0 Å². The summed E-state index contributed by atoms with van der Waals surface area (Å²) in [6.45, 7) is 1.43. The number of anilines is 2. The number of hydrogen-bond donors (Lipinski definition) is 2. The van der Waals surface area contributed by atoms with Crippen LogP contribution in [0.25, 0.3) is 16.9 Å². The number of rotatable bonds is 4. The van der Waals surface area contributed by atoms with E-state index in [4.69, 9.17) is 10.5 Å². The van der Waals surface area contributed by atoms with Gasteiger partial charge in [0.15, 0.2) is 11.6 Å². The van der Waals surface area contributed by atoms with Crippen LogP contribution in [0.3, 0.4) is 0 Å². The summed E-state index contributed by atoms with van der Waals surface area (Å²) < 4.78 is 7.47. The molecule has 4 heterocycles. The maximum atomic E-state index is 11.2. The Bertz CT molecular complexity index is 1130. The van der Waals surface area contributed by atoms with E-state index in [9.17, 15) is 4.79 Å². The Morgan fingerprint density at radius 2 is 2.07 bits per heavy atom. The normalized spacial score (nSPS) is 10.7. The van der Waals surface area contributed by atoms with Gasteiger partial charge in [0, 0.05) is 24.9 Å². The third-order valence-corrected chi connectivity index (χ3v) is 3.67. The third kappa shape index (κ3) is 3.52. The van der Waals surface area contributed by atoms with E-state index in [2.05, 4.69) is 25.3 Å². The lowest BCUT2D eigenvalue weighted by atomic mass is 10.2. The molecule has 27 heavy (non-hydrogen) atoms. The first-order chi connectivity index (χ1) is 13.1. The molecule has 0 aliphatic carbocycles. The Balaban J connectivity index is 1.68. The summed E-state index contributed by atoms with van der Waals surface area (Å²) >= 11 is 0. The van der Waals surface area contributed by atoms with Gasteiger partial charge in [0.05, 0.1) is 24.3 Å². The number of nitrogen functional groups attached to an aromatic ring is 1. The second-order valence-electron chi connectivity index (χ2n) is 5.73. The molecule has 0 atom stereocenters. The molecule has 3 N–H and O–H groups in total. The summed E-state index contributed by atoms with van der Waals surface area (Å²) in [4.78, 5) is 28.1. The van der Waals surface area contributed by atoms with Crippen LogP contribution in [-0.2, 0) is 4.79 Å². The van der Waals surface area contributed by atoms with Crippen LogP contribution in [0.1, 0.15) is 6.92 Å². The van der Waals surface area contributed by atoms with Crippen LogP contribution in [0, 0.1) is 0 Å². The zero-order valence-corrected chi connectivity index (χ0v) is 14.3. The van der Waals surface area contributed by atoms with E-state index < -0.39 is 0 Å². The summed E-state index contributed by atoms with van der Waals surface area (Å²) in [6.07, 6.45) is 8.33. The Morgan fingerprint density at radius 3 is 2.85 bits per heavy atom. The highest BCUT2D eigenvalue weighted by atomic mass is 16.5. The number of nitrogens with one attached hydrogen (secondary N) is 1. The zero-order chi connectivity index (χ0) is 18.8. The summed E-state index contributed by atoms with van der Waals surface area (Å²) in [5, 5.41) is 2.66. The average Bonchev–Trinajstić information content (AvgIpc) is 3.05. The van der Waals surface area contributed by atoms with Crippen molar-refractivity contribution in [3.05, 3.63) is 55.2 Å². The summed E-state index contributed by atoms with van der Waals surface area (Å²) in [5.41, 5.74) is 7.95. The molecule has 0 unspecified atom stereocenters. The standard InChI is InChI=1S/C18H15N7O2/c1-11(26)22-15-10-25-9-12(4-5-16(25)24-15)14-8-21-17(19)18(23-14)27-13-3-2-6-20-7-13/h2-10H,1H3,(H2,19,21)(H,22,26). The smallest absolute Gasteiger partial charge is 0.263 e. The molecular formula is C18H15N7O2. The fourth-order valence-corrected chi connectivity index (χ4v) is 2.50. The number of carbonyl (C=O) groups excluding carboxylic acids is 1. The molecule has 4 rings (SSSR count). The van der Waals surface area contributed by atoms with Gasteiger partial charge in [-0.15, -0.1) is 0 Å². The maximum absolute atomic E-state index is 11.2. The largest absolute Gasteiger partial charge is 0.434 e. The number of pyridine rings is 2. The molecule has 1 amide bonds. The van der Waals surface area contributed by atoms with Crippen LogP contribution in [0.2, 0.25) is 0 Å². The molecule has 0 bridgehead atoms. The summed E-state index contributed by atoms with van der Waals surface area (Å²) in [5.74, 6) is 1.19. The fourth-order valence-electron chi connectivity index (χ4n) is 2.50. The van der Waals surface area contributed by atoms with Crippen molar-refractivity contribution in [2.75, 3.05) is 11.1 Å². The number of aromatic nitrogens is 5. The first kappa shape index (κ1) is 16.5. The number of nitrogens with two attached hydrogens (primary N) is 1. The van der Waals surface area contributed by atoms with E-state index in [-0.39, 0.29) is 17.6 Å². The fraction of sp³-hybridized carbons (Fsp3) is 0.0556. The minimum absolute atomic E-state index is 0.180. The van der Waals surface area contributed by atoms with E-state index in [1.807, 2.05) is 18.3 Å². The maximum Gasteiger partial charge on any atom is 0.263 e. The third-order valence-electron chi connectivity index (χ3n) is 3.67. The Morgan fingerprint density at radius 1 is 1.19 bits per heavy atom. The highest BCUT2D eigenvalue weighted by Gasteiger charge is 2.11. The lowest BCUT2D eigenvalue weighted by Crippen LogP contribution is -2.05. The Kier molecular flexibility index (Phi) is 4.09. The van der Waals surface area contributed by atoms with Gasteiger partial charge in [-0.05, 0) is 24.3 Å². The molecular weight excluding hydrogens is 346 g/mol. The summed E-state index contributed by atoms with van der Waals surface area (Å²) in [7, 11) is 0. The SMILES string of the molecule is CC(=O)Nc1cn2cc(-c3cnc(N)c(Oc4cccnc4)n3)ccc2n1. The molecule has 0 aliphatic rings. The summed E-state index contributed by atoms with van der Waals surface area (Å²) in [6, 6.07) is 7.18. The Labute approximate surface area is 153 Å². The van der Waals surface area contributed by atoms with Crippen LogP contribution in [0.15, 0.2) is 55.2 Å². The van der Waals surface area contributed by atoms with Gasteiger partial charge in [-0.3, -0.25) is 9.78 Å². The van der Waals surface area contributed by atoms with Crippen LogP contribution >= 0.6 is 0 Å². The molecule has 0 aliphatic heterocycles. The van der Waals surface area contributed by atoms with Crippen LogP contribution in [-0.4, -0.2) is 30.2 Å². The van der Waals surface area contributed by atoms with Crippen molar-refractivity contribution in [1.82, 2.24) is 24.3 Å². The minimum atomic E-state index is -0.180. The van der Waals surface area contributed by atoms with Crippen molar-refractivity contribution in [3.8, 4) is 22.9 Å². The van der Waals surface area contributed by atoms with E-state index in [0.29, 0.717) is 22.9 Å². The molecule has 0 aromatic carbocycles. The molecule has 4 aromatic heterocycles. The quantitative estimate of drug-likeness (QED) is 0.573. The molecule has 0 saturated heterocycles. The first-order valence-corrected chi connectivity index (χ1v) is 8.05. The van der Waals surface area contributed by atoms with Gasteiger partial charge in [-0.1, -0.05) is 0 Å². The number of hydrogen-bond acceptors (Lipinski definition) is 7. The second-order valence-corrected chi connectivity index (χ2v) is 5.73. The predicted octanol–water partition coefficient (Wildman–Crippen LogP) is 2.52. The molecule has 9 nitrogen and oxygen atoms in total. The molecule has 134 valence electrons. The van der Waals surface area contributed by atoms with Gasteiger partial charge in [0.1, 0.15) is 11.4 Å². The van der Waals surface area contributed by atoms with Crippen LogP contribution < -0.4 is 15.8 Å². The Hall–Kier alpha value is -4.01. The predicted molar refractivity (Wildman–Crippen MR) is 99.2 cm³/mol. The van der Waals surface area contributed by atoms with Crippen molar-refractivity contribution in [1.29, 1.82) is 0 Å². The van der Waals surface area contributed by atoms with Crippen LogP contribution in [0.4, 0.5) is 11.6 Å².